The number of hydrogen-bond acceptors (Lipinski definition) is 6. The van der Waals surface area contributed by atoms with Crippen LogP contribution in [0, 0.1) is 0 Å². The van der Waals surface area contributed by atoms with Crippen LogP contribution in [-0.2, 0) is 34.0 Å². The number of morpholine rings is 1. The van der Waals surface area contributed by atoms with Gasteiger partial charge in [-0.2, -0.15) is 0 Å². The molecule has 12 heteroatoms. The van der Waals surface area contributed by atoms with Crippen LogP contribution in [0.4, 0.5) is 0 Å². The number of amides is 3. The van der Waals surface area contributed by atoms with Crippen LogP contribution in [0.25, 0.3) is 0 Å². The van der Waals surface area contributed by atoms with Crippen LogP contribution in [-0.4, -0.2) is 88.8 Å². The fourth-order valence-electron chi connectivity index (χ4n) is 5.27. The molecule has 2 fully saturated rings. The van der Waals surface area contributed by atoms with Crippen LogP contribution in [0.3, 0.4) is 0 Å². The molecular formula is C25H31B4N3O5. The lowest BCUT2D eigenvalue weighted by atomic mass is 9.56. The van der Waals surface area contributed by atoms with Crippen molar-refractivity contribution in [1.29, 1.82) is 0 Å². The summed E-state index contributed by atoms with van der Waals surface area (Å²) in [6.07, 6.45) is 0.572. The molecule has 188 valence electrons. The zero-order valence-electron chi connectivity index (χ0n) is 22.0. The van der Waals surface area contributed by atoms with E-state index in [0.29, 0.717) is 37.5 Å². The zero-order valence-corrected chi connectivity index (χ0v) is 22.0. The molecule has 2 saturated heterocycles. The summed E-state index contributed by atoms with van der Waals surface area (Å²) in [6.45, 7) is 3.10. The van der Waals surface area contributed by atoms with E-state index in [2.05, 4.69) is 65.9 Å². The number of piperidine rings is 1. The number of benzene rings is 2. The first-order chi connectivity index (χ1) is 17.5. The van der Waals surface area contributed by atoms with Crippen LogP contribution in [0.5, 0.6) is 5.75 Å². The average Bonchev–Trinajstić information content (AvgIpc) is 3.18. The Morgan fingerprint density at radius 2 is 1.76 bits per heavy atom. The minimum absolute atomic E-state index is 0.0237. The third kappa shape index (κ3) is 5.36. The lowest BCUT2D eigenvalue weighted by molar-refractivity contribution is -0.136. The fourth-order valence-corrected chi connectivity index (χ4v) is 5.27. The molecule has 3 aliphatic heterocycles. The molecule has 0 spiro atoms. The number of nitrogens with one attached hydrogen (secondary N) is 1. The van der Waals surface area contributed by atoms with Gasteiger partial charge in [-0.05, 0) is 35.0 Å². The van der Waals surface area contributed by atoms with Gasteiger partial charge in [0.25, 0.3) is 5.91 Å². The fraction of sp³-hybridized carbons (Fsp3) is 0.400. The Balaban J connectivity index is 1.23. The minimum Gasteiger partial charge on any atom is -0.489 e. The van der Waals surface area contributed by atoms with E-state index in [-0.39, 0.29) is 29.0 Å². The molecule has 0 saturated carbocycles. The monoisotopic (exact) mass is 497 g/mol. The standard InChI is InChI=1S/C25H31B4N3O5/c26-24(27)14-37-25(28,29)13-31(24)10-15-4-6-16(7-5-15)12-36-20-3-1-2-17-18(20)11-32(23(17)35)19-8-9-21(33)30-22(19)34/h1-7,19H,8-14,26-29H2,(H,30,33,34). The van der Waals surface area contributed by atoms with Gasteiger partial charge in [0.05, 0.1) is 6.54 Å². The van der Waals surface area contributed by atoms with E-state index in [0.717, 1.165) is 24.2 Å². The second kappa shape index (κ2) is 9.72. The van der Waals surface area contributed by atoms with Gasteiger partial charge in [0.1, 0.15) is 49.8 Å². The second-order valence-corrected chi connectivity index (χ2v) is 11.5. The average molecular weight is 497 g/mol. The first kappa shape index (κ1) is 25.7. The normalized spacial score (nSPS) is 23.0. The van der Waals surface area contributed by atoms with E-state index in [4.69, 9.17) is 9.47 Å². The summed E-state index contributed by atoms with van der Waals surface area (Å²) >= 11 is 0. The van der Waals surface area contributed by atoms with Crippen molar-refractivity contribution < 1.29 is 23.9 Å². The quantitative estimate of drug-likeness (QED) is 0.358. The van der Waals surface area contributed by atoms with Gasteiger partial charge in [0.2, 0.25) is 11.8 Å². The molecule has 1 atom stereocenters. The van der Waals surface area contributed by atoms with Crippen LogP contribution in [0.1, 0.15) is 39.9 Å². The van der Waals surface area contributed by atoms with E-state index >= 15 is 0 Å². The summed E-state index contributed by atoms with van der Waals surface area (Å²) < 4.78 is 12.2. The SMILES string of the molecule is BC1(B)CN(Cc2ccc(COc3cccc4c3CN(C3CCC(=O)NC3=O)C4=O)cc2)C(B)(B)CO1. The minimum atomic E-state index is -0.639. The summed E-state index contributed by atoms with van der Waals surface area (Å²) in [5.41, 5.74) is 3.61. The molecule has 37 heavy (non-hydrogen) atoms. The Bertz CT molecular complexity index is 1240. The molecule has 1 N–H and O–H groups in total. The van der Waals surface area contributed by atoms with E-state index in [9.17, 15) is 14.4 Å². The van der Waals surface area contributed by atoms with E-state index in [1.807, 2.05) is 6.07 Å². The Morgan fingerprint density at radius 3 is 2.49 bits per heavy atom. The van der Waals surface area contributed by atoms with Crippen molar-refractivity contribution in [2.75, 3.05) is 13.2 Å². The van der Waals surface area contributed by atoms with Crippen molar-refractivity contribution in [1.82, 2.24) is 15.1 Å². The highest BCUT2D eigenvalue weighted by atomic mass is 16.5. The Kier molecular flexibility index (Phi) is 6.75. The molecule has 0 radical (unpaired) electrons. The molecule has 1 unspecified atom stereocenters. The van der Waals surface area contributed by atoms with Crippen molar-refractivity contribution in [3.63, 3.8) is 0 Å². The number of imide groups is 1. The van der Waals surface area contributed by atoms with Crippen molar-refractivity contribution in [2.24, 2.45) is 0 Å². The first-order valence-corrected chi connectivity index (χ1v) is 12.9. The molecule has 3 amide bonds. The third-order valence-electron chi connectivity index (χ3n) is 7.57. The number of fused-ring (bicyclic) bond motifs is 1. The number of nitrogens with zero attached hydrogens (tertiary/aromatic N) is 2. The van der Waals surface area contributed by atoms with Gasteiger partial charge in [-0.1, -0.05) is 30.3 Å². The van der Waals surface area contributed by atoms with E-state index in [1.54, 1.807) is 17.0 Å². The van der Waals surface area contributed by atoms with E-state index < -0.39 is 11.9 Å². The molecule has 0 bridgehead atoms. The zero-order chi connectivity index (χ0) is 26.4. The predicted octanol–water partition coefficient (Wildman–Crippen LogP) is -2.30. The lowest BCUT2D eigenvalue weighted by Gasteiger charge is -2.49. The molecule has 3 heterocycles. The highest BCUT2D eigenvalue weighted by molar-refractivity contribution is 6.42. The Labute approximate surface area is 221 Å². The van der Waals surface area contributed by atoms with Gasteiger partial charge in [-0.3, -0.25) is 19.7 Å². The van der Waals surface area contributed by atoms with Gasteiger partial charge in [0.15, 0.2) is 0 Å². The maximum atomic E-state index is 13.0. The number of carbonyl (C=O) groups excluding carboxylic acids is 3. The largest absolute Gasteiger partial charge is 0.489 e. The molecule has 8 nitrogen and oxygen atoms in total. The Morgan fingerprint density at radius 1 is 1.03 bits per heavy atom. The maximum absolute atomic E-state index is 13.0. The number of carbonyl (C=O) groups is 3. The molecule has 2 aromatic carbocycles. The number of ether oxygens (including phenoxy) is 2. The van der Waals surface area contributed by atoms with Crippen molar-refractivity contribution >= 4 is 49.1 Å². The molecular weight excluding hydrogens is 466 g/mol. The number of rotatable bonds is 6. The summed E-state index contributed by atoms with van der Waals surface area (Å²) in [7, 11) is 8.70. The van der Waals surface area contributed by atoms with Gasteiger partial charge >= 0.3 is 0 Å². The molecule has 0 aromatic heterocycles. The Hall–Kier alpha value is -2.97. The third-order valence-corrected chi connectivity index (χ3v) is 7.57. The highest BCUT2D eigenvalue weighted by Crippen LogP contribution is 2.34. The number of hydrogen-bond donors (Lipinski definition) is 1. The molecule has 0 aliphatic carbocycles. The molecule has 2 aromatic rings. The van der Waals surface area contributed by atoms with Crippen molar-refractivity contribution in [3.05, 3.63) is 64.7 Å². The maximum Gasteiger partial charge on any atom is 0.255 e. The van der Waals surface area contributed by atoms with Crippen LogP contribution >= 0.6 is 0 Å². The van der Waals surface area contributed by atoms with Crippen LogP contribution in [0.2, 0.25) is 0 Å². The molecule has 5 rings (SSSR count). The summed E-state index contributed by atoms with van der Waals surface area (Å²) in [6, 6.07) is 13.2. The smallest absolute Gasteiger partial charge is 0.255 e. The van der Waals surface area contributed by atoms with Gasteiger partial charge in [-0.25, -0.2) is 0 Å². The lowest BCUT2D eigenvalue weighted by Crippen LogP contribution is -2.65. The first-order valence-electron chi connectivity index (χ1n) is 12.9. The van der Waals surface area contributed by atoms with Crippen LogP contribution < -0.4 is 10.1 Å². The summed E-state index contributed by atoms with van der Waals surface area (Å²) in [5.74, 6) is -0.266. The topological polar surface area (TPSA) is 88.2 Å². The van der Waals surface area contributed by atoms with Crippen molar-refractivity contribution in [2.45, 2.75) is 49.3 Å². The predicted molar refractivity (Wildman–Crippen MR) is 149 cm³/mol. The van der Waals surface area contributed by atoms with E-state index in [1.165, 1.54) is 5.56 Å². The van der Waals surface area contributed by atoms with Crippen LogP contribution in [0.15, 0.2) is 42.5 Å². The highest BCUT2D eigenvalue weighted by Gasteiger charge is 2.40. The van der Waals surface area contributed by atoms with Gasteiger partial charge in [-0.15, -0.1) is 0 Å². The van der Waals surface area contributed by atoms with Gasteiger partial charge in [0, 0.05) is 42.6 Å². The van der Waals surface area contributed by atoms with Crippen molar-refractivity contribution in [3.8, 4) is 5.75 Å². The molecule has 3 aliphatic rings. The summed E-state index contributed by atoms with van der Waals surface area (Å²) in [4.78, 5) is 40.9. The second-order valence-electron chi connectivity index (χ2n) is 11.5. The summed E-state index contributed by atoms with van der Waals surface area (Å²) in [5, 5.41) is 2.16. The van der Waals surface area contributed by atoms with Gasteiger partial charge < -0.3 is 19.3 Å².